The standard InChI is InChI=1S/C61H44N2/c1-61(2)57-39-47(34-36-53(57)54-37-35-48(40-58(54)61)63-59-28-12-10-25-55(59)56-26-11-13-29-60(56)63)62(46-21-14-20-44(38-46)52-27-15-19-42-18-6-7-22-50(42)52)45-32-30-43(31-33-45)51-24-9-8-23-49(51)41-16-4-3-5-17-41/h3-40H,1-2H3. The first-order valence-electron chi connectivity index (χ1n) is 21.9. The molecular formula is C61H44N2. The number of benzene rings is 10. The van der Waals surface area contributed by atoms with Crippen molar-refractivity contribution >= 4 is 49.6 Å². The summed E-state index contributed by atoms with van der Waals surface area (Å²) in [6.07, 6.45) is 0. The molecule has 12 rings (SSSR count). The van der Waals surface area contributed by atoms with Gasteiger partial charge in [0.25, 0.3) is 0 Å². The Hall–Kier alpha value is -7.94. The van der Waals surface area contributed by atoms with Gasteiger partial charge in [-0.3, -0.25) is 0 Å². The van der Waals surface area contributed by atoms with Crippen LogP contribution in [-0.2, 0) is 5.41 Å². The number of hydrogen-bond acceptors (Lipinski definition) is 1. The van der Waals surface area contributed by atoms with Gasteiger partial charge in [0.1, 0.15) is 0 Å². The van der Waals surface area contributed by atoms with Gasteiger partial charge in [0, 0.05) is 38.9 Å². The molecule has 2 heteroatoms. The molecule has 0 unspecified atom stereocenters. The van der Waals surface area contributed by atoms with Crippen LogP contribution in [0.1, 0.15) is 25.0 Å². The lowest BCUT2D eigenvalue weighted by Gasteiger charge is -2.29. The molecule has 0 spiro atoms. The number of rotatable bonds is 7. The quantitative estimate of drug-likeness (QED) is 0.156. The normalized spacial score (nSPS) is 12.7. The summed E-state index contributed by atoms with van der Waals surface area (Å²) >= 11 is 0. The van der Waals surface area contributed by atoms with Crippen molar-refractivity contribution in [3.8, 4) is 50.2 Å². The molecule has 1 aromatic heterocycles. The molecule has 1 aliphatic carbocycles. The van der Waals surface area contributed by atoms with E-state index in [1.807, 2.05) is 0 Å². The molecule has 11 aromatic rings. The second-order valence-electron chi connectivity index (χ2n) is 17.3. The summed E-state index contributed by atoms with van der Waals surface area (Å²) in [5.41, 5.74) is 19.3. The van der Waals surface area contributed by atoms with E-state index in [1.165, 1.54) is 93.9 Å². The minimum absolute atomic E-state index is 0.239. The molecule has 0 saturated carbocycles. The van der Waals surface area contributed by atoms with Crippen LogP contribution in [0.25, 0.3) is 82.8 Å². The summed E-state index contributed by atoms with van der Waals surface area (Å²) in [6, 6.07) is 84.6. The largest absolute Gasteiger partial charge is 0.310 e. The molecule has 1 heterocycles. The van der Waals surface area contributed by atoms with Gasteiger partial charge >= 0.3 is 0 Å². The van der Waals surface area contributed by atoms with E-state index in [0.717, 1.165) is 17.1 Å². The molecule has 0 atom stereocenters. The van der Waals surface area contributed by atoms with Crippen molar-refractivity contribution in [1.82, 2.24) is 4.57 Å². The Morgan fingerprint density at radius 1 is 0.333 bits per heavy atom. The maximum absolute atomic E-state index is 2.44. The molecule has 0 radical (unpaired) electrons. The monoisotopic (exact) mass is 804 g/mol. The topological polar surface area (TPSA) is 8.17 Å². The fourth-order valence-electron chi connectivity index (χ4n) is 10.3. The van der Waals surface area contributed by atoms with Crippen molar-refractivity contribution in [2.24, 2.45) is 0 Å². The molecule has 0 N–H and O–H groups in total. The summed E-state index contributed by atoms with van der Waals surface area (Å²) in [7, 11) is 0. The van der Waals surface area contributed by atoms with Crippen molar-refractivity contribution in [3.63, 3.8) is 0 Å². The summed E-state index contributed by atoms with van der Waals surface area (Å²) in [5, 5.41) is 5.05. The van der Waals surface area contributed by atoms with Gasteiger partial charge in [-0.2, -0.15) is 0 Å². The number of para-hydroxylation sites is 2. The number of nitrogens with zero attached hydrogens (tertiary/aromatic N) is 2. The van der Waals surface area contributed by atoms with E-state index < -0.39 is 0 Å². The van der Waals surface area contributed by atoms with Crippen LogP contribution < -0.4 is 4.90 Å². The number of fused-ring (bicyclic) bond motifs is 7. The van der Waals surface area contributed by atoms with Crippen LogP contribution in [0.3, 0.4) is 0 Å². The molecule has 0 amide bonds. The van der Waals surface area contributed by atoms with Crippen molar-refractivity contribution in [1.29, 1.82) is 0 Å². The van der Waals surface area contributed by atoms with Crippen LogP contribution in [0, 0.1) is 0 Å². The lowest BCUT2D eigenvalue weighted by Crippen LogP contribution is -2.17. The maximum Gasteiger partial charge on any atom is 0.0541 e. The van der Waals surface area contributed by atoms with E-state index in [-0.39, 0.29) is 5.41 Å². The van der Waals surface area contributed by atoms with E-state index in [2.05, 4.69) is 254 Å². The Morgan fingerprint density at radius 3 is 1.57 bits per heavy atom. The average Bonchev–Trinajstić information content (AvgIpc) is 3.79. The molecule has 63 heavy (non-hydrogen) atoms. The zero-order valence-electron chi connectivity index (χ0n) is 35.3. The highest BCUT2D eigenvalue weighted by Crippen LogP contribution is 2.52. The average molecular weight is 805 g/mol. The number of anilines is 3. The Kier molecular flexibility index (Phi) is 8.55. The third-order valence-corrected chi connectivity index (χ3v) is 13.4. The van der Waals surface area contributed by atoms with Crippen LogP contribution in [0.5, 0.6) is 0 Å². The molecule has 0 saturated heterocycles. The Balaban J connectivity index is 0.988. The zero-order valence-corrected chi connectivity index (χ0v) is 35.3. The highest BCUT2D eigenvalue weighted by Gasteiger charge is 2.36. The number of aromatic nitrogens is 1. The van der Waals surface area contributed by atoms with Gasteiger partial charge < -0.3 is 9.47 Å². The third-order valence-electron chi connectivity index (χ3n) is 13.4. The van der Waals surface area contributed by atoms with Gasteiger partial charge in [-0.25, -0.2) is 0 Å². The SMILES string of the molecule is CC1(C)c2cc(N(c3ccc(-c4ccccc4-c4ccccc4)cc3)c3cccc(-c4cccc5ccccc45)c3)ccc2-c2ccc(-n3c4ccccc4c4ccccc43)cc21. The fraction of sp³-hybridized carbons (Fsp3) is 0.0492. The molecule has 1 aliphatic rings. The smallest absolute Gasteiger partial charge is 0.0541 e. The van der Waals surface area contributed by atoms with Crippen molar-refractivity contribution in [2.75, 3.05) is 4.90 Å². The minimum atomic E-state index is -0.239. The van der Waals surface area contributed by atoms with Gasteiger partial charge in [-0.05, 0) is 127 Å². The van der Waals surface area contributed by atoms with Crippen LogP contribution in [0.4, 0.5) is 17.1 Å². The third kappa shape index (κ3) is 6.02. The molecule has 298 valence electrons. The fourth-order valence-corrected chi connectivity index (χ4v) is 10.3. The maximum atomic E-state index is 2.44. The lowest BCUT2D eigenvalue weighted by atomic mass is 9.82. The zero-order chi connectivity index (χ0) is 42.1. The van der Waals surface area contributed by atoms with Crippen LogP contribution in [0.15, 0.2) is 231 Å². The van der Waals surface area contributed by atoms with Crippen molar-refractivity contribution < 1.29 is 0 Å². The van der Waals surface area contributed by atoms with E-state index >= 15 is 0 Å². The van der Waals surface area contributed by atoms with Crippen molar-refractivity contribution in [3.05, 3.63) is 242 Å². The van der Waals surface area contributed by atoms with E-state index in [4.69, 9.17) is 0 Å². The summed E-state index contributed by atoms with van der Waals surface area (Å²) < 4.78 is 2.43. The molecule has 0 fully saturated rings. The second-order valence-corrected chi connectivity index (χ2v) is 17.3. The Labute approximate surface area is 368 Å². The van der Waals surface area contributed by atoms with Crippen LogP contribution >= 0.6 is 0 Å². The first-order chi connectivity index (χ1) is 31.0. The van der Waals surface area contributed by atoms with Crippen LogP contribution in [0.2, 0.25) is 0 Å². The van der Waals surface area contributed by atoms with Crippen LogP contribution in [-0.4, -0.2) is 4.57 Å². The van der Waals surface area contributed by atoms with E-state index in [9.17, 15) is 0 Å². The van der Waals surface area contributed by atoms with Crippen molar-refractivity contribution in [2.45, 2.75) is 19.3 Å². The molecule has 10 aromatic carbocycles. The van der Waals surface area contributed by atoms with Gasteiger partial charge in [-0.1, -0.05) is 184 Å². The van der Waals surface area contributed by atoms with Gasteiger partial charge in [-0.15, -0.1) is 0 Å². The van der Waals surface area contributed by atoms with E-state index in [1.54, 1.807) is 0 Å². The number of hydrogen-bond donors (Lipinski definition) is 0. The highest BCUT2D eigenvalue weighted by atomic mass is 15.1. The van der Waals surface area contributed by atoms with Gasteiger partial charge in [0.15, 0.2) is 0 Å². The predicted octanol–water partition coefficient (Wildman–Crippen LogP) is 16.7. The second kappa shape index (κ2) is 14.6. The molecule has 0 aliphatic heterocycles. The minimum Gasteiger partial charge on any atom is -0.310 e. The first-order valence-corrected chi connectivity index (χ1v) is 21.9. The molecular weight excluding hydrogens is 761 g/mol. The summed E-state index contributed by atoms with van der Waals surface area (Å²) in [4.78, 5) is 2.43. The summed E-state index contributed by atoms with van der Waals surface area (Å²) in [5.74, 6) is 0. The Morgan fingerprint density at radius 2 is 0.841 bits per heavy atom. The van der Waals surface area contributed by atoms with Gasteiger partial charge in [0.2, 0.25) is 0 Å². The highest BCUT2D eigenvalue weighted by molar-refractivity contribution is 6.09. The summed E-state index contributed by atoms with van der Waals surface area (Å²) in [6.45, 7) is 4.78. The Bertz CT molecular complexity index is 3480. The van der Waals surface area contributed by atoms with Gasteiger partial charge in [0.05, 0.1) is 11.0 Å². The first kappa shape index (κ1) is 36.9. The molecule has 0 bridgehead atoms. The predicted molar refractivity (Wildman–Crippen MR) is 267 cm³/mol. The molecule has 2 nitrogen and oxygen atoms in total. The van der Waals surface area contributed by atoms with E-state index in [0.29, 0.717) is 0 Å². The lowest BCUT2D eigenvalue weighted by molar-refractivity contribution is 0.660.